The monoisotopic (exact) mass is 360 g/mol. The Kier molecular flexibility index (Phi) is 3.53. The second-order valence-electron chi connectivity index (χ2n) is 7.22. The van der Waals surface area contributed by atoms with Gasteiger partial charge in [-0.1, -0.05) is 0 Å². The van der Waals surface area contributed by atoms with Crippen molar-refractivity contribution in [2.75, 3.05) is 0 Å². The van der Waals surface area contributed by atoms with Gasteiger partial charge in [-0.05, 0) is 31.6 Å². The number of nitrogens with one attached hydrogen (secondary N) is 2. The summed E-state index contributed by atoms with van der Waals surface area (Å²) in [5.74, 6) is -0.202. The number of aromatic nitrogens is 4. The van der Waals surface area contributed by atoms with Gasteiger partial charge < -0.3 is 9.88 Å². The number of rotatable bonds is 2. The van der Waals surface area contributed by atoms with E-state index < -0.39 is 17.3 Å². The summed E-state index contributed by atoms with van der Waals surface area (Å²) in [5.41, 5.74) is -0.827. The Morgan fingerprint density at radius 1 is 1.19 bits per heavy atom. The molecule has 2 N–H and O–H groups in total. The molecule has 10 nitrogen and oxygen atoms in total. The lowest BCUT2D eigenvalue weighted by molar-refractivity contribution is -0.125. The quantitative estimate of drug-likeness (QED) is 0.680. The molecule has 138 valence electrons. The van der Waals surface area contributed by atoms with Crippen molar-refractivity contribution in [3.05, 3.63) is 27.2 Å². The van der Waals surface area contributed by atoms with Crippen LogP contribution in [0.2, 0.25) is 0 Å². The summed E-state index contributed by atoms with van der Waals surface area (Å²) >= 11 is 0. The summed E-state index contributed by atoms with van der Waals surface area (Å²) in [6, 6.07) is -0.458. The number of imidazole rings is 1. The summed E-state index contributed by atoms with van der Waals surface area (Å²) in [6.45, 7) is 0.290. The van der Waals surface area contributed by atoms with Crippen molar-refractivity contribution in [3.63, 3.8) is 0 Å². The Bertz CT molecular complexity index is 1040. The van der Waals surface area contributed by atoms with Gasteiger partial charge in [0.2, 0.25) is 0 Å². The molecule has 1 saturated carbocycles. The Morgan fingerprint density at radius 3 is 2.50 bits per heavy atom. The van der Waals surface area contributed by atoms with Crippen LogP contribution >= 0.6 is 0 Å². The molecule has 1 aliphatic carbocycles. The van der Waals surface area contributed by atoms with Crippen molar-refractivity contribution in [1.82, 2.24) is 29.3 Å². The minimum atomic E-state index is -0.838. The average molecular weight is 360 g/mol. The van der Waals surface area contributed by atoms with E-state index in [-0.39, 0.29) is 23.9 Å². The lowest BCUT2D eigenvalue weighted by atomic mass is 9.76. The van der Waals surface area contributed by atoms with Crippen molar-refractivity contribution < 1.29 is 9.59 Å². The molecule has 10 heteroatoms. The molecule has 3 heterocycles. The number of carbonyl (C=O) groups is 2. The lowest BCUT2D eigenvalue weighted by Crippen LogP contribution is -2.50. The summed E-state index contributed by atoms with van der Waals surface area (Å²) in [5, 5.41) is 5.00. The van der Waals surface area contributed by atoms with E-state index in [1.165, 1.54) is 15.5 Å². The predicted octanol–water partition coefficient (Wildman–Crippen LogP) is -0.798. The van der Waals surface area contributed by atoms with Gasteiger partial charge in [0, 0.05) is 20.6 Å². The first-order valence-electron chi connectivity index (χ1n) is 8.57. The molecule has 26 heavy (non-hydrogen) atoms. The number of fused-ring (bicyclic) bond motifs is 1. The van der Waals surface area contributed by atoms with Crippen molar-refractivity contribution >= 4 is 23.1 Å². The van der Waals surface area contributed by atoms with Gasteiger partial charge in [-0.3, -0.25) is 24.0 Å². The standard InChI is InChI=1S/C16H20N6O4/c1-20-8-17-11-10(20)12(23)22(15(26)21(11)2)7-9-3-5-16(6-4-9)13(24)18-14(25)19-16/h8-9H,3-7H2,1-2H3,(H2,18,19,24,25). The van der Waals surface area contributed by atoms with E-state index in [0.29, 0.717) is 36.8 Å². The van der Waals surface area contributed by atoms with Crippen LogP contribution in [0, 0.1) is 5.92 Å². The van der Waals surface area contributed by atoms with E-state index in [2.05, 4.69) is 15.6 Å². The molecule has 4 rings (SSSR count). The van der Waals surface area contributed by atoms with Crippen LogP contribution in [0.25, 0.3) is 11.2 Å². The van der Waals surface area contributed by atoms with E-state index in [1.807, 2.05) is 0 Å². The number of hydrogen-bond donors (Lipinski definition) is 2. The van der Waals surface area contributed by atoms with Gasteiger partial charge in [0.15, 0.2) is 11.2 Å². The predicted molar refractivity (Wildman–Crippen MR) is 91.6 cm³/mol. The molecular formula is C16H20N6O4. The molecule has 0 atom stereocenters. The van der Waals surface area contributed by atoms with Crippen molar-refractivity contribution in [2.45, 2.75) is 37.8 Å². The maximum atomic E-state index is 12.8. The van der Waals surface area contributed by atoms with Gasteiger partial charge in [0.25, 0.3) is 11.5 Å². The van der Waals surface area contributed by atoms with Crippen LogP contribution in [0.15, 0.2) is 15.9 Å². The Morgan fingerprint density at radius 2 is 1.88 bits per heavy atom. The average Bonchev–Trinajstić information content (AvgIpc) is 3.11. The Labute approximate surface area is 147 Å². The first kappa shape index (κ1) is 16.6. The van der Waals surface area contributed by atoms with Crippen LogP contribution < -0.4 is 21.9 Å². The molecule has 0 aromatic carbocycles. The minimum Gasteiger partial charge on any atom is -0.328 e. The maximum Gasteiger partial charge on any atom is 0.332 e. The largest absolute Gasteiger partial charge is 0.332 e. The summed E-state index contributed by atoms with van der Waals surface area (Å²) in [4.78, 5) is 52.9. The zero-order valence-corrected chi connectivity index (χ0v) is 14.6. The second-order valence-corrected chi connectivity index (χ2v) is 7.22. The Balaban J connectivity index is 1.61. The molecule has 2 fully saturated rings. The smallest absolute Gasteiger partial charge is 0.328 e. The first-order chi connectivity index (χ1) is 12.3. The fourth-order valence-electron chi connectivity index (χ4n) is 4.05. The third-order valence-electron chi connectivity index (χ3n) is 5.62. The summed E-state index contributed by atoms with van der Waals surface area (Å²) in [7, 11) is 3.32. The number of urea groups is 1. The van der Waals surface area contributed by atoms with Gasteiger partial charge in [-0.2, -0.15) is 0 Å². The molecule has 1 spiro atoms. The number of carbonyl (C=O) groups excluding carboxylic acids is 2. The summed E-state index contributed by atoms with van der Waals surface area (Å²) in [6.07, 6.45) is 3.80. The van der Waals surface area contributed by atoms with E-state index in [0.717, 1.165) is 0 Å². The fraction of sp³-hybridized carbons (Fsp3) is 0.562. The molecule has 1 aliphatic heterocycles. The highest BCUT2D eigenvalue weighted by molar-refractivity contribution is 6.07. The highest BCUT2D eigenvalue weighted by Gasteiger charge is 2.48. The number of aryl methyl sites for hydroxylation is 2. The zero-order valence-electron chi connectivity index (χ0n) is 14.6. The number of amides is 3. The highest BCUT2D eigenvalue weighted by Crippen LogP contribution is 2.34. The molecule has 0 radical (unpaired) electrons. The SMILES string of the molecule is Cn1cnc2c1c(=O)n(CC1CCC3(CC1)NC(=O)NC3=O)c(=O)n2C. The molecule has 2 aromatic heterocycles. The Hall–Kier alpha value is -2.91. The molecular weight excluding hydrogens is 340 g/mol. The van der Waals surface area contributed by atoms with Crippen molar-refractivity contribution in [1.29, 1.82) is 0 Å². The summed E-state index contributed by atoms with van der Waals surface area (Å²) < 4.78 is 4.24. The van der Waals surface area contributed by atoms with E-state index in [9.17, 15) is 19.2 Å². The number of nitrogens with zero attached hydrogens (tertiary/aromatic N) is 4. The van der Waals surface area contributed by atoms with Crippen molar-refractivity contribution in [3.8, 4) is 0 Å². The number of hydrogen-bond acceptors (Lipinski definition) is 5. The molecule has 3 amide bonds. The molecule has 0 bridgehead atoms. The highest BCUT2D eigenvalue weighted by atomic mass is 16.2. The van der Waals surface area contributed by atoms with Crippen LogP contribution in [-0.4, -0.2) is 36.2 Å². The van der Waals surface area contributed by atoms with Crippen LogP contribution in [-0.2, 0) is 25.4 Å². The minimum absolute atomic E-state index is 0.0852. The molecule has 2 aromatic rings. The van der Waals surface area contributed by atoms with Crippen LogP contribution in [0.3, 0.4) is 0 Å². The van der Waals surface area contributed by atoms with Crippen molar-refractivity contribution in [2.24, 2.45) is 20.0 Å². The third kappa shape index (κ3) is 2.28. The van der Waals surface area contributed by atoms with Gasteiger partial charge in [0.05, 0.1) is 6.33 Å². The zero-order chi connectivity index (χ0) is 18.6. The van der Waals surface area contributed by atoms with Crippen LogP contribution in [0.5, 0.6) is 0 Å². The molecule has 2 aliphatic rings. The normalized spacial score (nSPS) is 25.7. The van der Waals surface area contributed by atoms with E-state index >= 15 is 0 Å². The third-order valence-corrected chi connectivity index (χ3v) is 5.62. The van der Waals surface area contributed by atoms with Gasteiger partial charge in [-0.15, -0.1) is 0 Å². The van der Waals surface area contributed by atoms with E-state index in [4.69, 9.17) is 0 Å². The topological polar surface area (TPSA) is 120 Å². The first-order valence-corrected chi connectivity index (χ1v) is 8.57. The molecule has 1 saturated heterocycles. The molecule has 0 unspecified atom stereocenters. The van der Waals surface area contributed by atoms with Crippen LogP contribution in [0.4, 0.5) is 4.79 Å². The lowest BCUT2D eigenvalue weighted by Gasteiger charge is -2.34. The van der Waals surface area contributed by atoms with Gasteiger partial charge in [-0.25, -0.2) is 14.6 Å². The second kappa shape index (κ2) is 5.55. The van der Waals surface area contributed by atoms with Gasteiger partial charge >= 0.3 is 11.7 Å². The number of imide groups is 1. The maximum absolute atomic E-state index is 12.8. The van der Waals surface area contributed by atoms with Gasteiger partial charge in [0.1, 0.15) is 5.54 Å². The van der Waals surface area contributed by atoms with Crippen LogP contribution in [0.1, 0.15) is 25.7 Å². The van der Waals surface area contributed by atoms with E-state index in [1.54, 1.807) is 18.7 Å². The fourth-order valence-corrected chi connectivity index (χ4v) is 4.05.